The van der Waals surface area contributed by atoms with Crippen molar-refractivity contribution in [1.82, 2.24) is 19.5 Å². The van der Waals surface area contributed by atoms with Crippen LogP contribution in [0.1, 0.15) is 49.9 Å². The third-order valence-corrected chi connectivity index (χ3v) is 7.56. The molecule has 2 fully saturated rings. The molecule has 4 aromatic rings. The van der Waals surface area contributed by atoms with E-state index in [1.54, 1.807) is 31.7 Å². The second-order valence-corrected chi connectivity index (χ2v) is 10.8. The lowest BCUT2D eigenvalue weighted by molar-refractivity contribution is -0.209. The van der Waals surface area contributed by atoms with Crippen molar-refractivity contribution in [3.63, 3.8) is 0 Å². The highest BCUT2D eigenvalue weighted by Crippen LogP contribution is 2.50. The van der Waals surface area contributed by atoms with Crippen molar-refractivity contribution in [2.24, 2.45) is 11.5 Å². The molecular weight excluding hydrogens is 510 g/mol. The number of nitrogens with zero attached hydrogens (tertiary/aromatic N) is 4. The van der Waals surface area contributed by atoms with E-state index >= 15 is 0 Å². The van der Waals surface area contributed by atoms with Gasteiger partial charge in [-0.2, -0.15) is 0 Å². The Morgan fingerprint density at radius 3 is 2.30 bits per heavy atom. The van der Waals surface area contributed by atoms with Crippen LogP contribution in [0.5, 0.6) is 0 Å². The quantitative estimate of drug-likeness (QED) is 0.304. The molecule has 5 N–H and O–H groups in total. The maximum absolute atomic E-state index is 12.4. The first-order chi connectivity index (χ1) is 19.2. The Balaban J connectivity index is 1.37. The van der Waals surface area contributed by atoms with Gasteiger partial charge in [-0.3, -0.25) is 9.36 Å². The van der Waals surface area contributed by atoms with E-state index in [0.717, 1.165) is 0 Å². The van der Waals surface area contributed by atoms with Gasteiger partial charge in [-0.25, -0.2) is 15.0 Å². The zero-order chi connectivity index (χ0) is 28.1. The largest absolute Gasteiger partial charge is 0.367 e. The van der Waals surface area contributed by atoms with E-state index in [9.17, 15) is 4.79 Å². The first-order valence-corrected chi connectivity index (χ1v) is 13.3. The number of hydrogen-bond donors (Lipinski definition) is 3. The summed E-state index contributed by atoms with van der Waals surface area (Å²) in [4.78, 5) is 26.4. The number of fused-ring (bicyclic) bond motifs is 2. The van der Waals surface area contributed by atoms with Crippen LogP contribution in [0.3, 0.4) is 0 Å². The van der Waals surface area contributed by atoms with Crippen LogP contribution >= 0.6 is 0 Å². The fourth-order valence-electron chi connectivity index (χ4n) is 5.85. The molecule has 11 heteroatoms. The monoisotopic (exact) mass is 543 g/mol. The number of amides is 1. The zero-order valence-corrected chi connectivity index (χ0v) is 22.7. The van der Waals surface area contributed by atoms with Gasteiger partial charge in [-0.15, -0.1) is 0 Å². The molecule has 208 valence electrons. The molecule has 4 heterocycles. The SMILES string of the molecule is CC1(C)O[C@H]2[C@H](n3cnc4c(NCC(c5ccccc5)c5ccccc5)nc(CN)nc43)O[C@H](C(N)=O)[C@@]2(C)O1. The standard InChI is InChI=1S/C29H33N7O4/c1-28(2)39-23-27(38-22(24(31)37)29(23,3)40-28)36-16-33-21-25(34-20(14-30)35-26(21)36)32-15-19(17-10-6-4-7-11-17)18-12-8-5-9-13-18/h4-13,16,19,22-23,27H,14-15,30H2,1-3H3,(H2,31,37)(H,32,34,35)/t22-,23+,27-,29-/m1/s1. The molecule has 2 aliphatic rings. The number of imidazole rings is 1. The molecule has 2 aliphatic heterocycles. The van der Waals surface area contributed by atoms with E-state index < -0.39 is 35.7 Å². The first-order valence-electron chi connectivity index (χ1n) is 13.3. The van der Waals surface area contributed by atoms with Crippen molar-refractivity contribution in [3.8, 4) is 0 Å². The molecule has 0 aliphatic carbocycles. The summed E-state index contributed by atoms with van der Waals surface area (Å²) in [5, 5.41) is 3.50. The summed E-state index contributed by atoms with van der Waals surface area (Å²) >= 11 is 0. The van der Waals surface area contributed by atoms with Gasteiger partial charge in [-0.1, -0.05) is 60.7 Å². The molecule has 2 aromatic heterocycles. The molecular formula is C29H33N7O4. The topological polar surface area (TPSA) is 152 Å². The summed E-state index contributed by atoms with van der Waals surface area (Å²) in [7, 11) is 0. The normalized spacial score (nSPS) is 25.4. The number of carbonyl (C=O) groups excluding carboxylic acids is 1. The first kappa shape index (κ1) is 26.3. The number of nitrogens with two attached hydrogens (primary N) is 2. The Kier molecular flexibility index (Phi) is 6.54. The number of hydrogen-bond acceptors (Lipinski definition) is 9. The van der Waals surface area contributed by atoms with Crippen molar-refractivity contribution in [1.29, 1.82) is 0 Å². The molecule has 40 heavy (non-hydrogen) atoms. The lowest BCUT2D eigenvalue weighted by Gasteiger charge is -2.27. The van der Waals surface area contributed by atoms with Gasteiger partial charge in [-0.05, 0) is 31.9 Å². The van der Waals surface area contributed by atoms with E-state index in [4.69, 9.17) is 25.7 Å². The number of anilines is 1. The molecule has 0 spiro atoms. The Morgan fingerprint density at radius 1 is 1.05 bits per heavy atom. The number of aromatic nitrogens is 4. The van der Waals surface area contributed by atoms with Gasteiger partial charge in [0.25, 0.3) is 0 Å². The minimum Gasteiger partial charge on any atom is -0.367 e. The van der Waals surface area contributed by atoms with Crippen LogP contribution in [0.25, 0.3) is 11.2 Å². The predicted octanol–water partition coefficient (Wildman–Crippen LogP) is 2.82. The number of ether oxygens (including phenoxy) is 3. The van der Waals surface area contributed by atoms with Gasteiger partial charge >= 0.3 is 0 Å². The molecule has 2 saturated heterocycles. The van der Waals surface area contributed by atoms with Crippen molar-refractivity contribution in [2.45, 2.75) is 63.1 Å². The van der Waals surface area contributed by atoms with Crippen LogP contribution in [-0.4, -0.2) is 55.6 Å². The molecule has 2 aromatic carbocycles. The van der Waals surface area contributed by atoms with Gasteiger partial charge in [0.2, 0.25) is 5.91 Å². The molecule has 0 radical (unpaired) electrons. The fraction of sp³-hybridized carbons (Fsp3) is 0.379. The number of nitrogens with one attached hydrogen (secondary N) is 1. The molecule has 1 amide bonds. The van der Waals surface area contributed by atoms with Crippen LogP contribution in [0, 0.1) is 0 Å². The Morgan fingerprint density at radius 2 is 1.70 bits per heavy atom. The predicted molar refractivity (Wildman–Crippen MR) is 148 cm³/mol. The highest BCUT2D eigenvalue weighted by Gasteiger charge is 2.66. The van der Waals surface area contributed by atoms with Gasteiger partial charge in [0.1, 0.15) is 17.5 Å². The number of benzene rings is 2. The average Bonchev–Trinajstić information content (AvgIpc) is 3.56. The lowest BCUT2D eigenvalue weighted by atomic mass is 9.91. The van der Waals surface area contributed by atoms with Crippen LogP contribution in [0.4, 0.5) is 5.82 Å². The molecule has 11 nitrogen and oxygen atoms in total. The van der Waals surface area contributed by atoms with Gasteiger partial charge in [0.05, 0.1) is 12.9 Å². The van der Waals surface area contributed by atoms with Gasteiger partial charge in [0.15, 0.2) is 35.1 Å². The molecule has 0 bridgehead atoms. The highest BCUT2D eigenvalue weighted by atomic mass is 16.8. The van der Waals surface area contributed by atoms with Crippen LogP contribution in [0.2, 0.25) is 0 Å². The van der Waals surface area contributed by atoms with E-state index in [-0.39, 0.29) is 12.5 Å². The maximum Gasteiger partial charge on any atom is 0.249 e. The van der Waals surface area contributed by atoms with Crippen molar-refractivity contribution in [3.05, 3.63) is 83.9 Å². The van der Waals surface area contributed by atoms with Crippen LogP contribution < -0.4 is 16.8 Å². The van der Waals surface area contributed by atoms with E-state index in [1.165, 1.54) is 11.1 Å². The summed E-state index contributed by atoms with van der Waals surface area (Å²) in [6.07, 6.45) is -0.804. The molecule has 4 atom stereocenters. The van der Waals surface area contributed by atoms with Crippen molar-refractivity contribution in [2.75, 3.05) is 11.9 Å². The Labute approximate surface area is 231 Å². The minimum absolute atomic E-state index is 0.0669. The third-order valence-electron chi connectivity index (χ3n) is 7.56. The Bertz CT molecular complexity index is 1490. The summed E-state index contributed by atoms with van der Waals surface area (Å²) in [6.45, 7) is 6.06. The second-order valence-electron chi connectivity index (χ2n) is 10.8. The number of rotatable bonds is 8. The van der Waals surface area contributed by atoms with Gasteiger partial charge < -0.3 is 31.0 Å². The van der Waals surface area contributed by atoms with E-state index in [2.05, 4.69) is 44.5 Å². The van der Waals surface area contributed by atoms with Crippen LogP contribution in [0.15, 0.2) is 67.0 Å². The third kappa shape index (κ3) is 4.50. The zero-order valence-electron chi connectivity index (χ0n) is 22.7. The Hall–Kier alpha value is -3.90. The number of carbonyl (C=O) groups is 1. The number of primary amides is 1. The highest BCUT2D eigenvalue weighted by molar-refractivity contribution is 5.84. The molecule has 0 unspecified atom stereocenters. The molecule has 0 saturated carbocycles. The van der Waals surface area contributed by atoms with Crippen molar-refractivity contribution >= 4 is 22.9 Å². The summed E-state index contributed by atoms with van der Waals surface area (Å²) < 4.78 is 20.3. The molecule has 6 rings (SSSR count). The minimum atomic E-state index is -1.08. The summed E-state index contributed by atoms with van der Waals surface area (Å²) in [5.41, 5.74) is 14.0. The maximum atomic E-state index is 12.4. The summed E-state index contributed by atoms with van der Waals surface area (Å²) in [6, 6.07) is 20.6. The average molecular weight is 544 g/mol. The van der Waals surface area contributed by atoms with E-state index in [0.29, 0.717) is 29.4 Å². The van der Waals surface area contributed by atoms with Crippen molar-refractivity contribution < 1.29 is 19.0 Å². The summed E-state index contributed by atoms with van der Waals surface area (Å²) in [5.74, 6) is -0.508. The fourth-order valence-corrected chi connectivity index (χ4v) is 5.85. The smallest absolute Gasteiger partial charge is 0.249 e. The van der Waals surface area contributed by atoms with E-state index in [1.807, 2.05) is 36.4 Å². The van der Waals surface area contributed by atoms with Crippen LogP contribution in [-0.2, 0) is 25.5 Å². The lowest BCUT2D eigenvalue weighted by Crippen LogP contribution is -2.49. The van der Waals surface area contributed by atoms with Gasteiger partial charge in [0, 0.05) is 12.5 Å². The second kappa shape index (κ2) is 9.93.